The molecule has 1 atom stereocenters. The van der Waals surface area contributed by atoms with E-state index in [0.29, 0.717) is 12.2 Å². The molecule has 1 unspecified atom stereocenters. The number of para-hydroxylation sites is 1. The number of anilines is 1. The van der Waals surface area contributed by atoms with Crippen molar-refractivity contribution in [3.05, 3.63) is 102 Å². The largest absolute Gasteiger partial charge is 0.354 e. The van der Waals surface area contributed by atoms with Crippen molar-refractivity contribution in [1.82, 2.24) is 10.6 Å². The summed E-state index contributed by atoms with van der Waals surface area (Å²) in [6.07, 6.45) is 0.767. The van der Waals surface area contributed by atoms with Crippen molar-refractivity contribution in [1.29, 1.82) is 0 Å². The Morgan fingerprint density at radius 2 is 1.27 bits per heavy atom. The third-order valence-electron chi connectivity index (χ3n) is 4.91. The highest BCUT2D eigenvalue weighted by Crippen LogP contribution is 2.27. The summed E-state index contributed by atoms with van der Waals surface area (Å²) in [6, 6.07) is 28.6. The molecule has 3 rings (SSSR count). The second kappa shape index (κ2) is 10.8. The summed E-state index contributed by atoms with van der Waals surface area (Å²) in [7, 11) is 0. The lowest BCUT2D eigenvalue weighted by molar-refractivity contribution is -0.122. The first-order valence-electron chi connectivity index (χ1n) is 10.1. The van der Waals surface area contributed by atoms with E-state index >= 15 is 0 Å². The molecule has 0 heterocycles. The van der Waals surface area contributed by atoms with Gasteiger partial charge in [0.1, 0.15) is 6.04 Å². The van der Waals surface area contributed by atoms with Gasteiger partial charge in [0, 0.05) is 18.2 Å². The van der Waals surface area contributed by atoms with E-state index in [2.05, 4.69) is 40.2 Å². The first-order chi connectivity index (χ1) is 14.6. The van der Waals surface area contributed by atoms with Gasteiger partial charge in [-0.05, 0) is 36.6 Å². The molecule has 5 nitrogen and oxygen atoms in total. The second-order valence-corrected chi connectivity index (χ2v) is 7.14. The van der Waals surface area contributed by atoms with Crippen molar-refractivity contribution in [2.45, 2.75) is 25.3 Å². The SMILES string of the molecule is CC(NC(=O)Nc1ccccc1)C(=O)NCCC(c1ccccc1)c1ccccc1. The minimum absolute atomic E-state index is 0.192. The first kappa shape index (κ1) is 21.1. The topological polar surface area (TPSA) is 70.2 Å². The molecule has 5 heteroatoms. The lowest BCUT2D eigenvalue weighted by atomic mass is 9.88. The monoisotopic (exact) mass is 401 g/mol. The average Bonchev–Trinajstić information content (AvgIpc) is 2.78. The zero-order chi connectivity index (χ0) is 21.2. The smallest absolute Gasteiger partial charge is 0.319 e. The van der Waals surface area contributed by atoms with Gasteiger partial charge in [-0.2, -0.15) is 0 Å². The average molecular weight is 402 g/mol. The van der Waals surface area contributed by atoms with Crippen molar-refractivity contribution < 1.29 is 9.59 Å². The van der Waals surface area contributed by atoms with Gasteiger partial charge < -0.3 is 16.0 Å². The zero-order valence-electron chi connectivity index (χ0n) is 17.0. The molecule has 3 N–H and O–H groups in total. The van der Waals surface area contributed by atoms with Crippen LogP contribution in [-0.2, 0) is 4.79 Å². The molecule has 0 radical (unpaired) electrons. The van der Waals surface area contributed by atoms with Gasteiger partial charge in [0.15, 0.2) is 0 Å². The van der Waals surface area contributed by atoms with Crippen LogP contribution < -0.4 is 16.0 Å². The molecule has 154 valence electrons. The van der Waals surface area contributed by atoms with Crippen LogP contribution in [0.25, 0.3) is 0 Å². The lowest BCUT2D eigenvalue weighted by Gasteiger charge is -2.20. The van der Waals surface area contributed by atoms with E-state index in [-0.39, 0.29) is 11.8 Å². The van der Waals surface area contributed by atoms with Crippen LogP contribution in [0.4, 0.5) is 10.5 Å². The summed E-state index contributed by atoms with van der Waals surface area (Å²) in [5.74, 6) is -0.0181. The van der Waals surface area contributed by atoms with Gasteiger partial charge in [-0.1, -0.05) is 78.9 Å². The maximum Gasteiger partial charge on any atom is 0.319 e. The van der Waals surface area contributed by atoms with Crippen LogP contribution in [0.1, 0.15) is 30.4 Å². The number of carbonyl (C=O) groups excluding carboxylic acids is 2. The Balaban J connectivity index is 1.52. The van der Waals surface area contributed by atoms with Crippen molar-refractivity contribution >= 4 is 17.6 Å². The highest BCUT2D eigenvalue weighted by atomic mass is 16.2. The van der Waals surface area contributed by atoms with Gasteiger partial charge in [-0.15, -0.1) is 0 Å². The van der Waals surface area contributed by atoms with Crippen LogP contribution in [0.15, 0.2) is 91.0 Å². The number of nitrogens with one attached hydrogen (secondary N) is 3. The minimum atomic E-state index is -0.638. The van der Waals surface area contributed by atoms with Crippen molar-refractivity contribution in [2.75, 3.05) is 11.9 Å². The fourth-order valence-corrected chi connectivity index (χ4v) is 3.34. The van der Waals surface area contributed by atoms with Gasteiger partial charge in [-0.25, -0.2) is 4.79 Å². The molecule has 30 heavy (non-hydrogen) atoms. The molecule has 0 saturated carbocycles. The van der Waals surface area contributed by atoms with E-state index in [9.17, 15) is 9.59 Å². The highest BCUT2D eigenvalue weighted by molar-refractivity contribution is 5.93. The maximum atomic E-state index is 12.4. The van der Waals surface area contributed by atoms with Crippen molar-refractivity contribution in [2.24, 2.45) is 0 Å². The number of hydrogen-bond donors (Lipinski definition) is 3. The Kier molecular flexibility index (Phi) is 7.61. The molecule has 3 aromatic carbocycles. The molecule has 0 aliphatic heterocycles. The Bertz CT molecular complexity index is 891. The van der Waals surface area contributed by atoms with E-state index < -0.39 is 12.1 Å². The van der Waals surface area contributed by atoms with Crippen LogP contribution in [0.2, 0.25) is 0 Å². The summed E-state index contributed by atoms with van der Waals surface area (Å²) in [5.41, 5.74) is 3.11. The molecule has 0 aliphatic rings. The van der Waals surface area contributed by atoms with Gasteiger partial charge in [-0.3, -0.25) is 4.79 Å². The summed E-state index contributed by atoms with van der Waals surface area (Å²) in [5, 5.41) is 8.32. The molecular formula is C25H27N3O2. The number of hydrogen-bond acceptors (Lipinski definition) is 2. The molecule has 0 aromatic heterocycles. The van der Waals surface area contributed by atoms with Gasteiger partial charge in [0.25, 0.3) is 0 Å². The highest BCUT2D eigenvalue weighted by Gasteiger charge is 2.17. The van der Waals surface area contributed by atoms with Crippen LogP contribution in [0.3, 0.4) is 0 Å². The molecule has 0 aliphatic carbocycles. The van der Waals surface area contributed by atoms with E-state index in [0.717, 1.165) is 6.42 Å². The molecule has 0 bridgehead atoms. The van der Waals surface area contributed by atoms with Crippen LogP contribution >= 0.6 is 0 Å². The van der Waals surface area contributed by atoms with Gasteiger partial charge in [0.05, 0.1) is 0 Å². The summed E-state index contributed by atoms with van der Waals surface area (Å²) < 4.78 is 0. The van der Waals surface area contributed by atoms with E-state index in [4.69, 9.17) is 0 Å². The van der Waals surface area contributed by atoms with Crippen molar-refractivity contribution in [3.63, 3.8) is 0 Å². The molecule has 3 aromatic rings. The fourth-order valence-electron chi connectivity index (χ4n) is 3.34. The standard InChI is InChI=1S/C25H27N3O2/c1-19(27-25(30)28-22-15-9-4-10-16-22)24(29)26-18-17-23(20-11-5-2-6-12-20)21-13-7-3-8-14-21/h2-16,19,23H,17-18H2,1H3,(H,26,29)(H2,27,28,30). The zero-order valence-corrected chi connectivity index (χ0v) is 17.0. The number of amides is 3. The van der Waals surface area contributed by atoms with E-state index in [1.54, 1.807) is 19.1 Å². The van der Waals surface area contributed by atoms with E-state index in [1.807, 2.05) is 54.6 Å². The third kappa shape index (κ3) is 6.21. The number of rotatable bonds is 8. The van der Waals surface area contributed by atoms with Crippen LogP contribution in [-0.4, -0.2) is 24.5 Å². The molecular weight excluding hydrogens is 374 g/mol. The predicted molar refractivity (Wildman–Crippen MR) is 120 cm³/mol. The van der Waals surface area contributed by atoms with Crippen LogP contribution in [0, 0.1) is 0 Å². The Morgan fingerprint density at radius 1 is 0.767 bits per heavy atom. The summed E-state index contributed by atoms with van der Waals surface area (Å²) in [4.78, 5) is 24.5. The molecule has 0 fully saturated rings. The lowest BCUT2D eigenvalue weighted by Crippen LogP contribution is -2.46. The number of urea groups is 1. The second-order valence-electron chi connectivity index (χ2n) is 7.14. The predicted octanol–water partition coefficient (Wildman–Crippen LogP) is 4.54. The Morgan fingerprint density at radius 3 is 1.80 bits per heavy atom. The Labute approximate surface area is 177 Å². The van der Waals surface area contributed by atoms with Crippen molar-refractivity contribution in [3.8, 4) is 0 Å². The Hall–Kier alpha value is -3.60. The number of benzene rings is 3. The van der Waals surface area contributed by atoms with Gasteiger partial charge >= 0.3 is 6.03 Å². The van der Waals surface area contributed by atoms with E-state index in [1.165, 1.54) is 11.1 Å². The normalized spacial score (nSPS) is 11.5. The quantitative estimate of drug-likeness (QED) is 0.519. The fraction of sp³-hybridized carbons (Fsp3) is 0.200. The summed E-state index contributed by atoms with van der Waals surface area (Å²) >= 11 is 0. The maximum absolute atomic E-state index is 12.4. The molecule has 0 spiro atoms. The number of carbonyl (C=O) groups is 2. The third-order valence-corrected chi connectivity index (χ3v) is 4.91. The summed E-state index contributed by atoms with van der Waals surface area (Å²) in [6.45, 7) is 2.19. The molecule has 0 saturated heterocycles. The first-order valence-corrected chi connectivity index (χ1v) is 10.1. The minimum Gasteiger partial charge on any atom is -0.354 e. The van der Waals surface area contributed by atoms with Crippen LogP contribution in [0.5, 0.6) is 0 Å². The van der Waals surface area contributed by atoms with Gasteiger partial charge in [0.2, 0.25) is 5.91 Å². The molecule has 3 amide bonds.